The van der Waals surface area contributed by atoms with Crippen molar-refractivity contribution in [2.75, 3.05) is 6.54 Å². The van der Waals surface area contributed by atoms with E-state index in [2.05, 4.69) is 17.2 Å². The monoisotopic (exact) mass is 264 g/mol. The lowest BCUT2D eigenvalue weighted by atomic mass is 9.89. The fourth-order valence-electron chi connectivity index (χ4n) is 1.26. The third-order valence-electron chi connectivity index (χ3n) is 2.91. The standard InChI is InChI=1S/C14H20N2OS/c1-4-14(2,3)13(17)16-9-12-8-11(10-18-12)6-5-7-15/h8,10H,4,7,9,15H2,1-3H3,(H,16,17). The summed E-state index contributed by atoms with van der Waals surface area (Å²) in [6, 6.07) is 1.99. The number of nitrogens with one attached hydrogen (secondary N) is 1. The summed E-state index contributed by atoms with van der Waals surface area (Å²) in [7, 11) is 0. The Morgan fingerprint density at radius 2 is 2.28 bits per heavy atom. The van der Waals surface area contributed by atoms with E-state index in [1.54, 1.807) is 11.3 Å². The summed E-state index contributed by atoms with van der Waals surface area (Å²) in [4.78, 5) is 13.0. The van der Waals surface area contributed by atoms with Crippen molar-refractivity contribution in [3.63, 3.8) is 0 Å². The van der Waals surface area contributed by atoms with Gasteiger partial charge in [-0.05, 0) is 12.5 Å². The van der Waals surface area contributed by atoms with Crippen LogP contribution in [0.4, 0.5) is 0 Å². The molecular formula is C14H20N2OS. The molecule has 1 aromatic heterocycles. The number of carbonyl (C=O) groups excluding carboxylic acids is 1. The minimum absolute atomic E-state index is 0.0907. The van der Waals surface area contributed by atoms with E-state index in [0.717, 1.165) is 16.9 Å². The van der Waals surface area contributed by atoms with E-state index in [4.69, 9.17) is 5.73 Å². The van der Waals surface area contributed by atoms with Gasteiger partial charge in [0.25, 0.3) is 0 Å². The van der Waals surface area contributed by atoms with Gasteiger partial charge in [0.1, 0.15) is 0 Å². The highest BCUT2D eigenvalue weighted by Crippen LogP contribution is 2.20. The SMILES string of the molecule is CCC(C)(C)C(=O)NCc1cc(C#CCN)cs1. The molecule has 1 rings (SSSR count). The van der Waals surface area contributed by atoms with E-state index in [9.17, 15) is 4.79 Å². The Labute approximate surface area is 113 Å². The first-order valence-electron chi connectivity index (χ1n) is 6.04. The molecule has 1 amide bonds. The summed E-state index contributed by atoms with van der Waals surface area (Å²) < 4.78 is 0. The Balaban J connectivity index is 2.54. The molecule has 0 unspecified atom stereocenters. The summed E-state index contributed by atoms with van der Waals surface area (Å²) in [6.07, 6.45) is 0.830. The van der Waals surface area contributed by atoms with Gasteiger partial charge >= 0.3 is 0 Å². The van der Waals surface area contributed by atoms with Gasteiger partial charge in [-0.2, -0.15) is 0 Å². The molecule has 0 saturated heterocycles. The van der Waals surface area contributed by atoms with Crippen LogP contribution in [0.3, 0.4) is 0 Å². The zero-order valence-corrected chi connectivity index (χ0v) is 12.0. The number of hydrogen-bond acceptors (Lipinski definition) is 3. The van der Waals surface area contributed by atoms with Crippen LogP contribution in [-0.2, 0) is 11.3 Å². The van der Waals surface area contributed by atoms with Gasteiger partial charge in [0.15, 0.2) is 0 Å². The maximum atomic E-state index is 11.9. The van der Waals surface area contributed by atoms with Gasteiger partial charge in [-0.25, -0.2) is 0 Å². The highest BCUT2D eigenvalue weighted by atomic mass is 32.1. The highest BCUT2D eigenvalue weighted by molar-refractivity contribution is 7.10. The normalized spacial score (nSPS) is 10.7. The third kappa shape index (κ3) is 4.17. The summed E-state index contributed by atoms with van der Waals surface area (Å²) in [5.74, 6) is 5.88. The molecule has 0 atom stereocenters. The van der Waals surface area contributed by atoms with E-state index in [0.29, 0.717) is 13.1 Å². The quantitative estimate of drug-likeness (QED) is 0.818. The smallest absolute Gasteiger partial charge is 0.225 e. The van der Waals surface area contributed by atoms with Crippen LogP contribution in [0.5, 0.6) is 0 Å². The predicted octanol–water partition coefficient (Wildman–Crippen LogP) is 2.11. The van der Waals surface area contributed by atoms with Crippen molar-refractivity contribution in [1.29, 1.82) is 0 Å². The number of amides is 1. The van der Waals surface area contributed by atoms with Gasteiger partial charge in [-0.1, -0.05) is 32.6 Å². The topological polar surface area (TPSA) is 55.1 Å². The Morgan fingerprint density at radius 1 is 1.56 bits per heavy atom. The molecule has 18 heavy (non-hydrogen) atoms. The number of rotatable bonds is 4. The molecule has 0 fully saturated rings. The van der Waals surface area contributed by atoms with Gasteiger partial charge < -0.3 is 11.1 Å². The molecule has 0 spiro atoms. The average molecular weight is 264 g/mol. The van der Waals surface area contributed by atoms with Gasteiger partial charge in [0.05, 0.1) is 13.1 Å². The molecule has 3 nitrogen and oxygen atoms in total. The first kappa shape index (κ1) is 14.7. The maximum absolute atomic E-state index is 11.9. The van der Waals surface area contributed by atoms with Crippen molar-refractivity contribution >= 4 is 17.2 Å². The van der Waals surface area contributed by atoms with Crippen LogP contribution in [0.1, 0.15) is 37.6 Å². The molecule has 0 aromatic carbocycles. The van der Waals surface area contributed by atoms with Crippen LogP contribution in [0, 0.1) is 17.3 Å². The van der Waals surface area contributed by atoms with Crippen LogP contribution in [0.15, 0.2) is 11.4 Å². The second kappa shape index (κ2) is 6.58. The van der Waals surface area contributed by atoms with E-state index in [1.807, 2.05) is 32.2 Å². The Morgan fingerprint density at radius 3 is 2.89 bits per heavy atom. The van der Waals surface area contributed by atoms with Gasteiger partial charge in [-0.3, -0.25) is 4.79 Å². The van der Waals surface area contributed by atoms with Crippen molar-refractivity contribution in [2.45, 2.75) is 33.7 Å². The highest BCUT2D eigenvalue weighted by Gasteiger charge is 2.24. The fraction of sp³-hybridized carbons (Fsp3) is 0.500. The second-order valence-corrected chi connectivity index (χ2v) is 5.72. The lowest BCUT2D eigenvalue weighted by molar-refractivity contribution is -0.129. The summed E-state index contributed by atoms with van der Waals surface area (Å²) in [6.45, 7) is 6.86. The largest absolute Gasteiger partial charge is 0.351 e. The van der Waals surface area contributed by atoms with E-state index < -0.39 is 0 Å². The minimum atomic E-state index is -0.306. The Kier molecular flexibility index (Phi) is 5.39. The van der Waals surface area contributed by atoms with Crippen LogP contribution in [-0.4, -0.2) is 12.5 Å². The lowest BCUT2D eigenvalue weighted by Crippen LogP contribution is -2.35. The van der Waals surface area contributed by atoms with Crippen molar-refractivity contribution in [3.8, 4) is 11.8 Å². The molecule has 0 aliphatic carbocycles. The van der Waals surface area contributed by atoms with Crippen molar-refractivity contribution < 1.29 is 4.79 Å². The third-order valence-corrected chi connectivity index (χ3v) is 3.85. The van der Waals surface area contributed by atoms with Crippen molar-refractivity contribution in [1.82, 2.24) is 5.32 Å². The van der Waals surface area contributed by atoms with Crippen LogP contribution in [0.2, 0.25) is 0 Å². The zero-order valence-electron chi connectivity index (χ0n) is 11.2. The molecule has 98 valence electrons. The van der Waals surface area contributed by atoms with Gasteiger partial charge in [-0.15, -0.1) is 11.3 Å². The van der Waals surface area contributed by atoms with Crippen molar-refractivity contribution in [2.24, 2.45) is 11.1 Å². The molecule has 3 N–H and O–H groups in total. The number of nitrogens with two attached hydrogens (primary N) is 1. The molecule has 0 aliphatic heterocycles. The molecule has 0 bridgehead atoms. The van der Waals surface area contributed by atoms with E-state index >= 15 is 0 Å². The second-order valence-electron chi connectivity index (χ2n) is 4.73. The zero-order chi connectivity index (χ0) is 13.6. The maximum Gasteiger partial charge on any atom is 0.225 e. The molecular weight excluding hydrogens is 244 g/mol. The van der Waals surface area contributed by atoms with Crippen LogP contribution >= 0.6 is 11.3 Å². The van der Waals surface area contributed by atoms with Crippen molar-refractivity contribution in [3.05, 3.63) is 21.9 Å². The summed E-state index contributed by atoms with van der Waals surface area (Å²) in [5, 5.41) is 4.94. The van der Waals surface area contributed by atoms with E-state index in [1.165, 1.54) is 0 Å². The average Bonchev–Trinajstić information content (AvgIpc) is 2.81. The lowest BCUT2D eigenvalue weighted by Gasteiger charge is -2.21. The fourth-order valence-corrected chi connectivity index (χ4v) is 2.02. The first-order valence-corrected chi connectivity index (χ1v) is 6.92. The molecule has 0 aliphatic rings. The molecule has 0 saturated carbocycles. The summed E-state index contributed by atoms with van der Waals surface area (Å²) >= 11 is 1.60. The summed E-state index contributed by atoms with van der Waals surface area (Å²) in [5.41, 5.74) is 5.97. The predicted molar refractivity (Wildman–Crippen MR) is 76.2 cm³/mol. The first-order chi connectivity index (χ1) is 8.49. The number of thiophene rings is 1. The number of hydrogen-bond donors (Lipinski definition) is 2. The Bertz CT molecular complexity index is 466. The Hall–Kier alpha value is -1.31. The van der Waals surface area contributed by atoms with Crippen LogP contribution < -0.4 is 11.1 Å². The van der Waals surface area contributed by atoms with Gasteiger partial charge in [0.2, 0.25) is 5.91 Å². The molecule has 1 aromatic rings. The minimum Gasteiger partial charge on any atom is -0.351 e. The number of carbonyl (C=O) groups is 1. The van der Waals surface area contributed by atoms with E-state index in [-0.39, 0.29) is 11.3 Å². The molecule has 4 heteroatoms. The van der Waals surface area contributed by atoms with Gasteiger partial charge in [0, 0.05) is 21.2 Å². The molecule has 0 radical (unpaired) electrons. The molecule has 1 heterocycles. The van der Waals surface area contributed by atoms with Crippen LogP contribution in [0.25, 0.3) is 0 Å².